The molecule has 0 aliphatic carbocycles. The van der Waals surface area contributed by atoms with Crippen LogP contribution in [0.1, 0.15) is 19.3 Å². The van der Waals surface area contributed by atoms with Crippen LogP contribution in [0.5, 0.6) is 0 Å². The highest BCUT2D eigenvalue weighted by molar-refractivity contribution is 7.99. The van der Waals surface area contributed by atoms with Crippen molar-refractivity contribution in [2.24, 2.45) is 0 Å². The second-order valence-electron chi connectivity index (χ2n) is 4.47. The van der Waals surface area contributed by atoms with Gasteiger partial charge in [0.1, 0.15) is 0 Å². The monoisotopic (exact) mass is 246 g/mol. The van der Waals surface area contributed by atoms with E-state index in [0.29, 0.717) is 0 Å². The predicted molar refractivity (Wildman–Crippen MR) is 72.3 cm³/mol. The molecule has 1 rings (SSSR count). The van der Waals surface area contributed by atoms with E-state index < -0.39 is 0 Å². The van der Waals surface area contributed by atoms with Gasteiger partial charge in [-0.15, -0.1) is 0 Å². The van der Waals surface area contributed by atoms with E-state index in [4.69, 9.17) is 4.74 Å². The molecule has 0 spiro atoms. The van der Waals surface area contributed by atoms with Gasteiger partial charge in [0.05, 0.1) is 0 Å². The molecule has 0 aromatic heterocycles. The Morgan fingerprint density at radius 2 is 2.06 bits per heavy atom. The van der Waals surface area contributed by atoms with Crippen LogP contribution in [0.4, 0.5) is 0 Å². The molecule has 16 heavy (non-hydrogen) atoms. The molecule has 96 valence electrons. The van der Waals surface area contributed by atoms with E-state index in [1.54, 1.807) is 7.11 Å². The summed E-state index contributed by atoms with van der Waals surface area (Å²) in [7, 11) is 3.98. The van der Waals surface area contributed by atoms with E-state index in [1.807, 2.05) is 0 Å². The summed E-state index contributed by atoms with van der Waals surface area (Å²) in [5.41, 5.74) is 0. The smallest absolute Gasteiger partial charge is 0.0474 e. The standard InChI is InChI=1S/C12H26N2OS/c1-14(8-3-10-15-2)9-11-16-12-4-6-13-7-5-12/h12-13H,3-11H2,1-2H3. The van der Waals surface area contributed by atoms with Crippen molar-refractivity contribution in [1.82, 2.24) is 10.2 Å². The number of hydrogen-bond acceptors (Lipinski definition) is 4. The van der Waals surface area contributed by atoms with Gasteiger partial charge in [-0.05, 0) is 39.4 Å². The van der Waals surface area contributed by atoms with Crippen LogP contribution in [0, 0.1) is 0 Å². The molecular weight excluding hydrogens is 220 g/mol. The van der Waals surface area contributed by atoms with Crippen LogP contribution in [-0.4, -0.2) is 62.8 Å². The third-order valence-electron chi connectivity index (χ3n) is 3.00. The number of rotatable bonds is 8. The van der Waals surface area contributed by atoms with E-state index in [1.165, 1.54) is 38.2 Å². The molecule has 4 heteroatoms. The van der Waals surface area contributed by atoms with Crippen LogP contribution in [0.2, 0.25) is 0 Å². The average molecular weight is 246 g/mol. The maximum atomic E-state index is 5.05. The lowest BCUT2D eigenvalue weighted by atomic mass is 10.2. The number of methoxy groups -OCH3 is 1. The van der Waals surface area contributed by atoms with E-state index >= 15 is 0 Å². The summed E-state index contributed by atoms with van der Waals surface area (Å²) in [6.45, 7) is 5.66. The number of hydrogen-bond donors (Lipinski definition) is 1. The van der Waals surface area contributed by atoms with Crippen molar-refractivity contribution in [2.45, 2.75) is 24.5 Å². The van der Waals surface area contributed by atoms with Crippen molar-refractivity contribution >= 4 is 11.8 Å². The van der Waals surface area contributed by atoms with Crippen LogP contribution >= 0.6 is 11.8 Å². The van der Waals surface area contributed by atoms with Gasteiger partial charge < -0.3 is 15.0 Å². The number of nitrogens with one attached hydrogen (secondary N) is 1. The van der Waals surface area contributed by atoms with E-state index in [2.05, 4.69) is 29.0 Å². The van der Waals surface area contributed by atoms with Gasteiger partial charge in [0.15, 0.2) is 0 Å². The lowest BCUT2D eigenvalue weighted by Gasteiger charge is -2.23. The van der Waals surface area contributed by atoms with Gasteiger partial charge in [-0.2, -0.15) is 11.8 Å². The summed E-state index contributed by atoms with van der Waals surface area (Å²) in [5.74, 6) is 1.27. The number of piperidine rings is 1. The molecule has 0 amide bonds. The molecule has 0 aromatic carbocycles. The second kappa shape index (κ2) is 9.28. The zero-order valence-corrected chi connectivity index (χ0v) is 11.5. The maximum absolute atomic E-state index is 5.05. The van der Waals surface area contributed by atoms with Crippen molar-refractivity contribution in [1.29, 1.82) is 0 Å². The van der Waals surface area contributed by atoms with Gasteiger partial charge in [-0.25, -0.2) is 0 Å². The minimum Gasteiger partial charge on any atom is -0.385 e. The quantitative estimate of drug-likeness (QED) is 0.655. The largest absolute Gasteiger partial charge is 0.385 e. The van der Waals surface area contributed by atoms with Crippen molar-refractivity contribution in [2.75, 3.05) is 52.7 Å². The fraction of sp³-hybridized carbons (Fsp3) is 1.00. The highest BCUT2D eigenvalue weighted by Crippen LogP contribution is 2.19. The molecular formula is C12H26N2OS. The minimum absolute atomic E-state index is 0.881. The Morgan fingerprint density at radius 3 is 2.75 bits per heavy atom. The Balaban J connectivity index is 1.92. The van der Waals surface area contributed by atoms with E-state index in [-0.39, 0.29) is 0 Å². The second-order valence-corrected chi connectivity index (χ2v) is 5.88. The molecule has 1 N–H and O–H groups in total. The molecule has 0 saturated carbocycles. The normalized spacial score (nSPS) is 18.2. The zero-order chi connectivity index (χ0) is 11.6. The predicted octanol–water partition coefficient (Wildman–Crippen LogP) is 1.44. The molecule has 0 unspecified atom stereocenters. The maximum Gasteiger partial charge on any atom is 0.0474 e. The molecule has 1 saturated heterocycles. The number of ether oxygens (including phenoxy) is 1. The summed E-state index contributed by atoms with van der Waals surface area (Å²) in [6, 6.07) is 0. The van der Waals surface area contributed by atoms with E-state index in [0.717, 1.165) is 24.8 Å². The van der Waals surface area contributed by atoms with Gasteiger partial charge in [0, 0.05) is 37.8 Å². The number of nitrogens with zero attached hydrogens (tertiary/aromatic N) is 1. The van der Waals surface area contributed by atoms with Crippen LogP contribution in [0.25, 0.3) is 0 Å². The molecule has 1 aliphatic rings. The Hall–Kier alpha value is 0.230. The molecule has 0 atom stereocenters. The fourth-order valence-electron chi connectivity index (χ4n) is 1.93. The van der Waals surface area contributed by atoms with Crippen LogP contribution in [-0.2, 0) is 4.74 Å². The summed E-state index contributed by atoms with van der Waals surface area (Å²) in [5, 5.41) is 4.31. The first-order chi connectivity index (χ1) is 7.83. The summed E-state index contributed by atoms with van der Waals surface area (Å²) < 4.78 is 5.05. The highest BCUT2D eigenvalue weighted by Gasteiger charge is 2.12. The highest BCUT2D eigenvalue weighted by atomic mass is 32.2. The molecule has 1 heterocycles. The van der Waals surface area contributed by atoms with Crippen molar-refractivity contribution in [3.63, 3.8) is 0 Å². The Bertz CT molecular complexity index is 163. The molecule has 0 aromatic rings. The first kappa shape index (κ1) is 14.3. The van der Waals surface area contributed by atoms with Gasteiger partial charge in [-0.1, -0.05) is 0 Å². The van der Waals surface area contributed by atoms with Crippen LogP contribution < -0.4 is 5.32 Å². The van der Waals surface area contributed by atoms with Gasteiger partial charge in [-0.3, -0.25) is 0 Å². The van der Waals surface area contributed by atoms with Crippen LogP contribution in [0.3, 0.4) is 0 Å². The molecule has 1 aliphatic heterocycles. The summed E-state index contributed by atoms with van der Waals surface area (Å²) >= 11 is 2.15. The first-order valence-electron chi connectivity index (χ1n) is 6.32. The van der Waals surface area contributed by atoms with Crippen molar-refractivity contribution < 1.29 is 4.74 Å². The Kier molecular flexibility index (Phi) is 8.29. The van der Waals surface area contributed by atoms with Gasteiger partial charge in [0.2, 0.25) is 0 Å². The molecule has 3 nitrogen and oxygen atoms in total. The summed E-state index contributed by atoms with van der Waals surface area (Å²) in [6.07, 6.45) is 3.83. The average Bonchev–Trinajstić information content (AvgIpc) is 2.31. The van der Waals surface area contributed by atoms with E-state index in [9.17, 15) is 0 Å². The lowest BCUT2D eigenvalue weighted by Crippen LogP contribution is -2.30. The van der Waals surface area contributed by atoms with Gasteiger partial charge in [0.25, 0.3) is 0 Å². The van der Waals surface area contributed by atoms with Crippen molar-refractivity contribution in [3.05, 3.63) is 0 Å². The SMILES string of the molecule is COCCCN(C)CCSC1CCNCC1. The Labute approximate surface area is 104 Å². The molecule has 0 radical (unpaired) electrons. The van der Waals surface area contributed by atoms with Gasteiger partial charge >= 0.3 is 0 Å². The first-order valence-corrected chi connectivity index (χ1v) is 7.37. The lowest BCUT2D eigenvalue weighted by molar-refractivity contribution is 0.181. The minimum atomic E-state index is 0.881. The third-order valence-corrected chi connectivity index (χ3v) is 4.36. The Morgan fingerprint density at radius 1 is 1.31 bits per heavy atom. The third kappa shape index (κ3) is 6.74. The van der Waals surface area contributed by atoms with Crippen molar-refractivity contribution in [3.8, 4) is 0 Å². The molecule has 1 fully saturated rings. The fourth-order valence-corrected chi connectivity index (χ4v) is 3.25. The number of thioether (sulfide) groups is 1. The van der Waals surface area contributed by atoms with Crippen LogP contribution in [0.15, 0.2) is 0 Å². The zero-order valence-electron chi connectivity index (χ0n) is 10.7. The molecule has 0 bridgehead atoms. The summed E-state index contributed by atoms with van der Waals surface area (Å²) in [4.78, 5) is 2.41. The topological polar surface area (TPSA) is 24.5 Å².